The molecule has 0 aliphatic rings. The summed E-state index contributed by atoms with van der Waals surface area (Å²) >= 11 is 0. The van der Waals surface area contributed by atoms with Crippen molar-refractivity contribution in [1.29, 1.82) is 0 Å². The zero-order valence-corrected chi connectivity index (χ0v) is 15.8. The Balaban J connectivity index is 1.71. The van der Waals surface area contributed by atoms with E-state index in [0.717, 1.165) is 11.1 Å². The van der Waals surface area contributed by atoms with E-state index in [1.807, 2.05) is 32.0 Å². The largest absolute Gasteiger partial charge is 0.465 e. The van der Waals surface area contributed by atoms with Crippen LogP contribution in [-0.2, 0) is 4.74 Å². The Morgan fingerprint density at radius 3 is 2.32 bits per heavy atom. The van der Waals surface area contributed by atoms with Crippen molar-refractivity contribution < 1.29 is 14.3 Å². The Kier molecular flexibility index (Phi) is 5.64. The maximum Gasteiger partial charge on any atom is 0.337 e. The van der Waals surface area contributed by atoms with Crippen LogP contribution in [0.1, 0.15) is 32.0 Å². The van der Waals surface area contributed by atoms with Crippen LogP contribution in [0, 0.1) is 13.8 Å². The number of esters is 1. The lowest BCUT2D eigenvalue weighted by Gasteiger charge is -2.09. The third kappa shape index (κ3) is 4.50. The van der Waals surface area contributed by atoms with Gasteiger partial charge >= 0.3 is 5.97 Å². The van der Waals surface area contributed by atoms with Gasteiger partial charge in [0.05, 0.1) is 12.7 Å². The lowest BCUT2D eigenvalue weighted by atomic mass is 10.1. The smallest absolute Gasteiger partial charge is 0.337 e. The van der Waals surface area contributed by atoms with Crippen molar-refractivity contribution >= 4 is 29.2 Å². The van der Waals surface area contributed by atoms with Gasteiger partial charge in [0.25, 0.3) is 5.91 Å². The molecule has 1 heterocycles. The number of benzene rings is 2. The molecule has 0 unspecified atom stereocenters. The summed E-state index contributed by atoms with van der Waals surface area (Å²) in [6.07, 6.45) is 1.51. The molecule has 2 aromatic carbocycles. The zero-order valence-electron chi connectivity index (χ0n) is 15.8. The number of carbonyl (C=O) groups excluding carboxylic acids is 2. The van der Waals surface area contributed by atoms with E-state index < -0.39 is 5.97 Å². The van der Waals surface area contributed by atoms with Crippen molar-refractivity contribution in [2.45, 2.75) is 13.8 Å². The molecule has 1 aromatic heterocycles. The number of aromatic nitrogens is 2. The van der Waals surface area contributed by atoms with Crippen molar-refractivity contribution in [3.05, 3.63) is 77.1 Å². The van der Waals surface area contributed by atoms with Crippen LogP contribution in [0.3, 0.4) is 0 Å². The number of hydrogen-bond donors (Lipinski definition) is 2. The molecule has 0 atom stereocenters. The molecule has 7 nitrogen and oxygen atoms in total. The average molecular weight is 376 g/mol. The maximum absolute atomic E-state index is 12.5. The zero-order chi connectivity index (χ0) is 20.1. The highest BCUT2D eigenvalue weighted by atomic mass is 16.5. The van der Waals surface area contributed by atoms with Gasteiger partial charge in [-0.05, 0) is 67.4 Å². The topological polar surface area (TPSA) is 93.2 Å². The first-order valence-electron chi connectivity index (χ1n) is 8.63. The SMILES string of the molecule is COC(=O)c1ccc(Nc2nccc(C(=O)Nc3ccc(C)c(C)c3)n2)cc1. The van der Waals surface area contributed by atoms with Gasteiger partial charge in [-0.3, -0.25) is 4.79 Å². The summed E-state index contributed by atoms with van der Waals surface area (Å²) in [5.74, 6) is -0.457. The Bertz CT molecular complexity index is 1020. The van der Waals surface area contributed by atoms with E-state index in [9.17, 15) is 9.59 Å². The molecule has 0 aliphatic carbocycles. The quantitative estimate of drug-likeness (QED) is 0.657. The van der Waals surface area contributed by atoms with Crippen LogP contribution < -0.4 is 10.6 Å². The molecule has 0 saturated heterocycles. The summed E-state index contributed by atoms with van der Waals surface area (Å²) in [7, 11) is 1.33. The fourth-order valence-electron chi connectivity index (χ4n) is 2.50. The number of methoxy groups -OCH3 is 1. The predicted molar refractivity (Wildman–Crippen MR) is 107 cm³/mol. The van der Waals surface area contributed by atoms with E-state index in [-0.39, 0.29) is 17.5 Å². The van der Waals surface area contributed by atoms with Crippen molar-refractivity contribution in [1.82, 2.24) is 9.97 Å². The molecule has 0 radical (unpaired) electrons. The van der Waals surface area contributed by atoms with Crippen LogP contribution in [0.15, 0.2) is 54.7 Å². The third-order valence-corrected chi connectivity index (χ3v) is 4.22. The van der Waals surface area contributed by atoms with Gasteiger partial charge in [0, 0.05) is 17.6 Å². The summed E-state index contributed by atoms with van der Waals surface area (Å²) in [6.45, 7) is 4.00. The third-order valence-electron chi connectivity index (χ3n) is 4.22. The van der Waals surface area contributed by atoms with Crippen LogP contribution in [0.4, 0.5) is 17.3 Å². The van der Waals surface area contributed by atoms with Crippen molar-refractivity contribution in [3.63, 3.8) is 0 Å². The second-order valence-electron chi connectivity index (χ2n) is 6.21. The number of hydrogen-bond acceptors (Lipinski definition) is 6. The molecule has 7 heteroatoms. The van der Waals surface area contributed by atoms with Gasteiger partial charge in [0.15, 0.2) is 0 Å². The van der Waals surface area contributed by atoms with Crippen LogP contribution in [0.5, 0.6) is 0 Å². The van der Waals surface area contributed by atoms with E-state index in [4.69, 9.17) is 0 Å². The van der Waals surface area contributed by atoms with Crippen LogP contribution in [0.25, 0.3) is 0 Å². The number of ether oxygens (including phenoxy) is 1. The second kappa shape index (κ2) is 8.30. The Morgan fingerprint density at radius 1 is 0.929 bits per heavy atom. The molecule has 2 N–H and O–H groups in total. The maximum atomic E-state index is 12.5. The monoisotopic (exact) mass is 376 g/mol. The molecular formula is C21H20N4O3. The molecular weight excluding hydrogens is 356 g/mol. The first kappa shape index (κ1) is 19.0. The molecule has 0 fully saturated rings. The van der Waals surface area contributed by atoms with E-state index >= 15 is 0 Å². The summed E-state index contributed by atoms with van der Waals surface area (Å²) in [5.41, 5.74) is 4.32. The van der Waals surface area contributed by atoms with Crippen LogP contribution in [0.2, 0.25) is 0 Å². The van der Waals surface area contributed by atoms with Gasteiger partial charge in [-0.2, -0.15) is 0 Å². The Labute approximate surface area is 162 Å². The highest BCUT2D eigenvalue weighted by molar-refractivity contribution is 6.03. The number of nitrogens with zero attached hydrogens (tertiary/aromatic N) is 2. The lowest BCUT2D eigenvalue weighted by molar-refractivity contribution is 0.0600. The number of carbonyl (C=O) groups is 2. The first-order chi connectivity index (χ1) is 13.5. The van der Waals surface area contributed by atoms with Crippen molar-refractivity contribution in [3.8, 4) is 0 Å². The molecule has 3 aromatic rings. The summed E-state index contributed by atoms with van der Waals surface area (Å²) in [4.78, 5) is 32.3. The summed E-state index contributed by atoms with van der Waals surface area (Å²) in [6, 6.07) is 13.9. The standard InChI is InChI=1S/C21H20N4O3/c1-13-4-7-17(12-14(13)2)23-19(26)18-10-11-22-21(25-18)24-16-8-5-15(6-9-16)20(27)28-3/h4-12H,1-3H3,(H,23,26)(H,22,24,25). The van der Waals surface area contributed by atoms with Gasteiger partial charge in [-0.15, -0.1) is 0 Å². The molecule has 0 aliphatic heterocycles. The predicted octanol–water partition coefficient (Wildman–Crippen LogP) is 3.88. The summed E-state index contributed by atoms with van der Waals surface area (Å²) < 4.78 is 4.67. The molecule has 3 rings (SSSR count). The number of aryl methyl sites for hydroxylation is 2. The highest BCUT2D eigenvalue weighted by Crippen LogP contribution is 2.17. The van der Waals surface area contributed by atoms with Gasteiger partial charge in [0.2, 0.25) is 5.95 Å². The fraction of sp³-hybridized carbons (Fsp3) is 0.143. The van der Waals surface area contributed by atoms with Gasteiger partial charge in [0.1, 0.15) is 5.69 Å². The number of amides is 1. The molecule has 28 heavy (non-hydrogen) atoms. The molecule has 142 valence electrons. The fourth-order valence-corrected chi connectivity index (χ4v) is 2.50. The number of rotatable bonds is 5. The van der Waals surface area contributed by atoms with E-state index in [1.165, 1.54) is 13.3 Å². The minimum Gasteiger partial charge on any atom is -0.465 e. The summed E-state index contributed by atoms with van der Waals surface area (Å²) in [5, 5.41) is 5.84. The van der Waals surface area contributed by atoms with Gasteiger partial charge in [-0.1, -0.05) is 6.07 Å². The van der Waals surface area contributed by atoms with E-state index in [1.54, 1.807) is 30.3 Å². The Morgan fingerprint density at radius 2 is 1.64 bits per heavy atom. The second-order valence-corrected chi connectivity index (χ2v) is 6.21. The molecule has 0 saturated carbocycles. The average Bonchev–Trinajstić information content (AvgIpc) is 2.71. The van der Waals surface area contributed by atoms with Crippen LogP contribution in [-0.4, -0.2) is 29.0 Å². The van der Waals surface area contributed by atoms with Crippen molar-refractivity contribution in [2.24, 2.45) is 0 Å². The first-order valence-corrected chi connectivity index (χ1v) is 8.63. The molecule has 0 bridgehead atoms. The van der Waals surface area contributed by atoms with Crippen LogP contribution >= 0.6 is 0 Å². The minimum atomic E-state index is -0.409. The lowest BCUT2D eigenvalue weighted by Crippen LogP contribution is -2.15. The Hall–Kier alpha value is -3.74. The number of nitrogens with one attached hydrogen (secondary N) is 2. The normalized spacial score (nSPS) is 10.2. The van der Waals surface area contributed by atoms with Crippen molar-refractivity contribution in [2.75, 3.05) is 17.7 Å². The minimum absolute atomic E-state index is 0.238. The van der Waals surface area contributed by atoms with E-state index in [0.29, 0.717) is 16.9 Å². The van der Waals surface area contributed by atoms with Gasteiger partial charge in [-0.25, -0.2) is 14.8 Å². The van der Waals surface area contributed by atoms with E-state index in [2.05, 4.69) is 25.3 Å². The highest BCUT2D eigenvalue weighted by Gasteiger charge is 2.10. The number of anilines is 3. The molecule has 1 amide bonds. The molecule has 0 spiro atoms. The van der Waals surface area contributed by atoms with Gasteiger partial charge < -0.3 is 15.4 Å².